The Kier molecular flexibility index (Phi) is 42.2. The van der Waals surface area contributed by atoms with Gasteiger partial charge in [-0.1, -0.05) is 44.2 Å². The van der Waals surface area contributed by atoms with Crippen molar-refractivity contribution in [1.82, 2.24) is 20.4 Å². The second kappa shape index (κ2) is 35.0. The van der Waals surface area contributed by atoms with E-state index < -0.39 is 0 Å². The van der Waals surface area contributed by atoms with Crippen LogP contribution in [-0.2, 0) is 28.7 Å². The number of amides is 6. The Bertz CT molecular complexity index is 961. The van der Waals surface area contributed by atoms with Crippen LogP contribution in [0.1, 0.15) is 19.4 Å². The number of nitrogens with two attached hydrogens (primary N) is 1. The van der Waals surface area contributed by atoms with Crippen molar-refractivity contribution in [3.05, 3.63) is 41.6 Å². The molecular weight excluding hydrogens is 909 g/mol. The molecule has 1 aromatic rings. The third-order valence-electron chi connectivity index (χ3n) is 3.75. The molecule has 2 fully saturated rings. The Balaban J connectivity index is -0.000000142. The molecule has 0 aliphatic carbocycles. The smallest absolute Gasteiger partial charge is 0 e. The summed E-state index contributed by atoms with van der Waals surface area (Å²) in [5, 5.41) is 4.86. The predicted molar refractivity (Wildman–Crippen MR) is 164 cm³/mol. The number of aliphatic imine (C=N–C) groups is 1. The number of carbonyl (C=O) groups is 6. The average molecular weight is 943 g/mol. The number of nitrogens with zero attached hydrogens (tertiary/aromatic N) is 3. The van der Waals surface area contributed by atoms with Crippen LogP contribution in [0, 0.1) is 37.7 Å². The fourth-order valence-electron chi connectivity index (χ4n) is 1.92. The van der Waals surface area contributed by atoms with Gasteiger partial charge in [0, 0.05) is 58.9 Å². The van der Waals surface area contributed by atoms with Gasteiger partial charge in [0.05, 0.1) is 20.2 Å². The SMILES string of the molecule is C=O.CC.CN1C(=O)CNC1=O.CN1C(=O)N/C(=C\c2ccccc2)C1=O.CN=C=O.COC(=O)CN.I[I-]I.[Ar]. The number of benzene rings is 1. The molecule has 2 aliphatic heterocycles. The van der Waals surface area contributed by atoms with Crippen molar-refractivity contribution < 1.29 is 89.3 Å². The van der Waals surface area contributed by atoms with Gasteiger partial charge in [-0.25, -0.2) is 19.4 Å². The number of hydrogen-bond donors (Lipinski definition) is 3. The van der Waals surface area contributed by atoms with Crippen LogP contribution in [0.5, 0.6) is 0 Å². The molecule has 1 aromatic carbocycles. The van der Waals surface area contributed by atoms with Crippen LogP contribution in [-0.4, -0.2) is 93.9 Å². The van der Waals surface area contributed by atoms with Gasteiger partial charge in [0.15, 0.2) is 0 Å². The van der Waals surface area contributed by atoms with E-state index in [9.17, 15) is 24.0 Å². The molecule has 0 unspecified atom stereocenters. The van der Waals surface area contributed by atoms with Gasteiger partial charge in [-0.3, -0.25) is 24.2 Å². The summed E-state index contributed by atoms with van der Waals surface area (Å²) in [4.78, 5) is 75.2. The van der Waals surface area contributed by atoms with Crippen molar-refractivity contribution in [2.75, 3.05) is 41.3 Å². The number of halogens is 3. The van der Waals surface area contributed by atoms with Gasteiger partial charge in [-0.2, -0.15) is 0 Å². The van der Waals surface area contributed by atoms with Gasteiger partial charge in [-0.15, -0.1) is 0 Å². The fourth-order valence-corrected chi connectivity index (χ4v) is 1.92. The monoisotopic (exact) mass is 943 g/mol. The van der Waals surface area contributed by atoms with Crippen molar-refractivity contribution in [3.8, 4) is 0 Å². The molecule has 0 atom stereocenters. The van der Waals surface area contributed by atoms with Crippen LogP contribution in [0.15, 0.2) is 41.0 Å². The second-order valence-electron chi connectivity index (χ2n) is 6.02. The zero-order valence-corrected chi connectivity index (χ0v) is 30.4. The van der Waals surface area contributed by atoms with Crippen LogP contribution in [0.3, 0.4) is 0 Å². The number of urea groups is 2. The molecule has 2 heterocycles. The molecule has 14 nitrogen and oxygen atoms in total. The van der Waals surface area contributed by atoms with E-state index in [2.05, 4.69) is 57.6 Å². The number of esters is 1. The number of methoxy groups -OCH3 is 1. The molecule has 0 aromatic heterocycles. The minimum absolute atomic E-state index is 0. The molecule has 234 valence electrons. The van der Waals surface area contributed by atoms with Gasteiger partial charge >= 0.3 is 68.5 Å². The first kappa shape index (κ1) is 49.4. The van der Waals surface area contributed by atoms with Crippen LogP contribution >= 0.6 is 37.2 Å². The third kappa shape index (κ3) is 26.2. The van der Waals surface area contributed by atoms with E-state index in [4.69, 9.17) is 15.3 Å². The van der Waals surface area contributed by atoms with Crippen molar-refractivity contribution >= 4 is 86.0 Å². The molecule has 4 N–H and O–H groups in total. The minimum Gasteiger partial charge on any atom is 0 e. The number of imide groups is 2. The third-order valence-corrected chi connectivity index (χ3v) is 3.75. The van der Waals surface area contributed by atoms with E-state index >= 15 is 0 Å². The summed E-state index contributed by atoms with van der Waals surface area (Å²) < 4.78 is 4.14. The summed E-state index contributed by atoms with van der Waals surface area (Å²) in [7, 11) is 5.58. The number of nitrogens with one attached hydrogen (secondary N) is 2. The van der Waals surface area contributed by atoms with E-state index in [-0.39, 0.29) is 80.7 Å². The molecule has 0 saturated carbocycles. The Hall–Kier alpha value is -1.23. The summed E-state index contributed by atoms with van der Waals surface area (Å²) in [5.41, 5.74) is 6.01. The molecule has 18 heteroatoms. The topological polar surface area (TPSA) is 198 Å². The Morgan fingerprint density at radius 1 is 1.12 bits per heavy atom. The Labute approximate surface area is 299 Å². The van der Waals surface area contributed by atoms with Crippen LogP contribution < -0.4 is 29.6 Å². The van der Waals surface area contributed by atoms with Gasteiger partial charge in [0.1, 0.15) is 12.5 Å². The van der Waals surface area contributed by atoms with Crippen molar-refractivity contribution in [2.45, 2.75) is 13.8 Å². The number of rotatable bonds is 2. The molecule has 0 bridgehead atoms. The van der Waals surface area contributed by atoms with Crippen LogP contribution in [0.2, 0.25) is 0 Å². The number of isocyanates is 1. The second-order valence-corrected chi connectivity index (χ2v) is 22.3. The Morgan fingerprint density at radius 3 is 1.80 bits per heavy atom. The fraction of sp³-hybridized carbons (Fsp3) is 0.348. The summed E-state index contributed by atoms with van der Waals surface area (Å²) in [6.45, 7) is 6.12. The normalized spacial score (nSPS) is 12.9. The largest absolute Gasteiger partial charge is 0 e. The van der Waals surface area contributed by atoms with E-state index in [1.54, 1.807) is 6.08 Å². The van der Waals surface area contributed by atoms with Gasteiger partial charge in [0.25, 0.3) is 5.91 Å². The summed E-state index contributed by atoms with van der Waals surface area (Å²) in [5.74, 6) is -0.853. The molecule has 3 rings (SSSR count). The first-order valence-electron chi connectivity index (χ1n) is 10.8. The summed E-state index contributed by atoms with van der Waals surface area (Å²) in [6.07, 6.45) is 2.96. The standard InChI is InChI=1S/C11H10N2O2.C4H6N2O2.C3H7NO2.C2H3NO.C2H6.CH2O.Ar.I3/c1-13-10(14)9(12-11(13)15)7-8-5-3-2-4-6-8;1-6-3(7)2-5-4(6)8;1-6-3(5)2-4;1-3-2-4;2*1-2;;1-3-2/h2-7H,1H3,(H,12,15);2H2,1H3,(H,5,8);2,4H2,1H3;1H3;1-2H3;1H2;;/q;;;;;;;-1/b9-7-;;;;;;;. The van der Waals surface area contributed by atoms with Crippen molar-refractivity contribution in [1.29, 1.82) is 0 Å². The minimum atomic E-state index is -0.387. The van der Waals surface area contributed by atoms with Crippen LogP contribution in [0.25, 0.3) is 6.08 Å². The predicted octanol–water partition coefficient (Wildman–Crippen LogP) is -0.936. The number of likely N-dealkylation sites (N-methyl/N-ethyl adjacent to an activating group) is 2. The number of carbonyl (C=O) groups excluding carboxylic acids is 7. The van der Waals surface area contributed by atoms with E-state index in [0.717, 1.165) is 15.4 Å². The van der Waals surface area contributed by atoms with Gasteiger partial charge < -0.3 is 25.9 Å². The molecule has 0 spiro atoms. The average Bonchev–Trinajstić information content (AvgIpc) is 3.42. The van der Waals surface area contributed by atoms with E-state index in [1.165, 1.54) is 34.3 Å². The van der Waals surface area contributed by atoms with E-state index in [0.29, 0.717) is 19.0 Å². The molecular formula is C23H34ArI3N6O8-. The van der Waals surface area contributed by atoms with Gasteiger partial charge in [-0.05, 0) is 11.6 Å². The quantitative estimate of drug-likeness (QED) is 0.0838. The van der Waals surface area contributed by atoms with Crippen molar-refractivity contribution in [2.24, 2.45) is 10.7 Å². The summed E-state index contributed by atoms with van der Waals surface area (Å²) in [6, 6.07) is 8.67. The maximum atomic E-state index is 11.5. The summed E-state index contributed by atoms with van der Waals surface area (Å²) >= 11 is 5.30. The zero-order valence-electron chi connectivity index (χ0n) is 23.3. The molecule has 0 radical (unpaired) electrons. The first-order valence-corrected chi connectivity index (χ1v) is 23.4. The van der Waals surface area contributed by atoms with E-state index in [1.807, 2.05) is 51.0 Å². The number of ether oxygens (including phenoxy) is 1. The zero-order chi connectivity index (χ0) is 32.1. The molecule has 2 aliphatic rings. The molecule has 41 heavy (non-hydrogen) atoms. The first-order chi connectivity index (χ1) is 19.0. The van der Waals surface area contributed by atoms with Crippen LogP contribution in [0.4, 0.5) is 9.59 Å². The molecule has 2 saturated heterocycles. The Morgan fingerprint density at radius 2 is 1.59 bits per heavy atom. The van der Waals surface area contributed by atoms with Gasteiger partial charge in [0.2, 0.25) is 12.0 Å². The van der Waals surface area contributed by atoms with Crippen molar-refractivity contribution in [3.63, 3.8) is 0 Å². The maximum Gasteiger partial charge on any atom is 0 e. The number of hydrogen-bond acceptors (Lipinski definition) is 10. The molecule has 6 amide bonds. The maximum absolute atomic E-state index is 11.5.